The van der Waals surface area contributed by atoms with Crippen LogP contribution in [0.3, 0.4) is 0 Å². The second-order valence-corrected chi connectivity index (χ2v) is 5.08. The topological polar surface area (TPSA) is 51.0 Å². The normalized spacial score (nSPS) is 10.6. The van der Waals surface area contributed by atoms with Crippen LogP contribution in [0.25, 0.3) is 0 Å². The summed E-state index contributed by atoms with van der Waals surface area (Å²) in [4.78, 5) is 14.2. The van der Waals surface area contributed by atoms with Crippen molar-refractivity contribution in [3.05, 3.63) is 47.8 Å². The highest BCUT2D eigenvalue weighted by molar-refractivity contribution is 5.91. The number of nitrogens with zero attached hydrogens (tertiary/aromatic N) is 4. The lowest BCUT2D eigenvalue weighted by atomic mass is 10.2. The van der Waals surface area contributed by atoms with Gasteiger partial charge in [0, 0.05) is 13.1 Å². The van der Waals surface area contributed by atoms with E-state index in [0.717, 1.165) is 31.5 Å². The molecule has 5 heteroatoms. The number of carbonyl (C=O) groups is 1. The van der Waals surface area contributed by atoms with E-state index in [4.69, 9.17) is 0 Å². The maximum Gasteiger partial charge on any atom is 0.276 e. The molecule has 5 nitrogen and oxygen atoms in total. The van der Waals surface area contributed by atoms with Crippen molar-refractivity contribution >= 4 is 5.91 Å². The van der Waals surface area contributed by atoms with Crippen LogP contribution in [0.2, 0.25) is 0 Å². The molecule has 1 amide bonds. The lowest BCUT2D eigenvalue weighted by Crippen LogP contribution is -2.32. The predicted octanol–water partition coefficient (Wildman–Crippen LogP) is 2.59. The molecule has 2 rings (SSSR count). The Kier molecular flexibility index (Phi) is 5.49. The van der Waals surface area contributed by atoms with Crippen molar-refractivity contribution in [3.8, 4) is 0 Å². The van der Waals surface area contributed by atoms with Crippen LogP contribution >= 0.6 is 0 Å². The molecule has 1 heterocycles. The Morgan fingerprint density at radius 1 is 1.14 bits per heavy atom. The van der Waals surface area contributed by atoms with Gasteiger partial charge in [-0.25, -0.2) is 4.68 Å². The van der Waals surface area contributed by atoms with Crippen molar-refractivity contribution in [2.45, 2.75) is 33.2 Å². The standard InChI is InChI=1S/C16H22N4O/c1-3-10-19(11-4-2)16(21)15-13-20(18-17-15)12-14-8-6-5-7-9-14/h5-9,13H,3-4,10-12H2,1-2H3. The lowest BCUT2D eigenvalue weighted by molar-refractivity contribution is 0.0749. The second kappa shape index (κ2) is 7.57. The van der Waals surface area contributed by atoms with Gasteiger partial charge in [-0.3, -0.25) is 4.79 Å². The van der Waals surface area contributed by atoms with Crippen LogP contribution in [0.5, 0.6) is 0 Å². The van der Waals surface area contributed by atoms with Crippen molar-refractivity contribution < 1.29 is 4.79 Å². The van der Waals surface area contributed by atoms with Gasteiger partial charge >= 0.3 is 0 Å². The van der Waals surface area contributed by atoms with Gasteiger partial charge in [0.25, 0.3) is 5.91 Å². The van der Waals surface area contributed by atoms with Gasteiger partial charge in [-0.2, -0.15) is 0 Å². The van der Waals surface area contributed by atoms with E-state index in [0.29, 0.717) is 12.2 Å². The van der Waals surface area contributed by atoms with E-state index in [1.165, 1.54) is 0 Å². The number of aromatic nitrogens is 3. The Hall–Kier alpha value is -2.17. The Balaban J connectivity index is 2.06. The van der Waals surface area contributed by atoms with E-state index in [-0.39, 0.29) is 5.91 Å². The lowest BCUT2D eigenvalue weighted by Gasteiger charge is -2.19. The molecule has 0 N–H and O–H groups in total. The van der Waals surface area contributed by atoms with Crippen LogP contribution in [0.15, 0.2) is 36.5 Å². The van der Waals surface area contributed by atoms with E-state index in [2.05, 4.69) is 24.2 Å². The zero-order valence-electron chi connectivity index (χ0n) is 12.7. The second-order valence-electron chi connectivity index (χ2n) is 5.08. The van der Waals surface area contributed by atoms with Crippen LogP contribution < -0.4 is 0 Å². The van der Waals surface area contributed by atoms with Crippen LogP contribution in [0.4, 0.5) is 0 Å². The average molecular weight is 286 g/mol. The zero-order chi connectivity index (χ0) is 15.1. The molecule has 0 aliphatic rings. The maximum absolute atomic E-state index is 12.4. The molecule has 0 aliphatic heterocycles. The van der Waals surface area contributed by atoms with Gasteiger partial charge in [-0.15, -0.1) is 5.10 Å². The van der Waals surface area contributed by atoms with Gasteiger partial charge in [-0.1, -0.05) is 49.4 Å². The van der Waals surface area contributed by atoms with E-state index >= 15 is 0 Å². The summed E-state index contributed by atoms with van der Waals surface area (Å²) in [7, 11) is 0. The zero-order valence-corrected chi connectivity index (χ0v) is 12.7. The number of rotatable bonds is 7. The first kappa shape index (κ1) is 15.2. The van der Waals surface area contributed by atoms with E-state index in [1.807, 2.05) is 35.2 Å². The first-order valence-electron chi connectivity index (χ1n) is 7.48. The molecule has 0 fully saturated rings. The highest BCUT2D eigenvalue weighted by Crippen LogP contribution is 2.06. The van der Waals surface area contributed by atoms with Crippen LogP contribution in [-0.4, -0.2) is 38.9 Å². The summed E-state index contributed by atoms with van der Waals surface area (Å²) >= 11 is 0. The fraction of sp³-hybridized carbons (Fsp3) is 0.438. The maximum atomic E-state index is 12.4. The summed E-state index contributed by atoms with van der Waals surface area (Å²) in [5, 5.41) is 8.07. The van der Waals surface area contributed by atoms with Gasteiger partial charge in [0.15, 0.2) is 5.69 Å². The van der Waals surface area contributed by atoms with Crippen molar-refractivity contribution in [1.82, 2.24) is 19.9 Å². The number of hydrogen-bond donors (Lipinski definition) is 0. The molecule has 0 bridgehead atoms. The molecule has 1 aromatic carbocycles. The monoisotopic (exact) mass is 286 g/mol. The molecule has 112 valence electrons. The molecule has 0 radical (unpaired) electrons. The molecule has 1 aromatic heterocycles. The number of hydrogen-bond acceptors (Lipinski definition) is 3. The highest BCUT2D eigenvalue weighted by atomic mass is 16.2. The molecule has 0 unspecified atom stereocenters. The van der Waals surface area contributed by atoms with Crippen LogP contribution in [0.1, 0.15) is 42.7 Å². The Bertz CT molecular complexity index is 559. The van der Waals surface area contributed by atoms with Gasteiger partial charge in [0.2, 0.25) is 0 Å². The fourth-order valence-electron chi connectivity index (χ4n) is 2.26. The highest BCUT2D eigenvalue weighted by Gasteiger charge is 2.17. The summed E-state index contributed by atoms with van der Waals surface area (Å²) in [6.45, 7) is 6.30. The minimum Gasteiger partial charge on any atom is -0.337 e. The molecule has 2 aromatic rings. The quantitative estimate of drug-likeness (QED) is 0.786. The van der Waals surface area contributed by atoms with Gasteiger partial charge in [0.1, 0.15) is 0 Å². The molecular formula is C16H22N4O. The SMILES string of the molecule is CCCN(CCC)C(=O)c1cn(Cc2ccccc2)nn1. The number of amides is 1. The van der Waals surface area contributed by atoms with Crippen LogP contribution in [-0.2, 0) is 6.54 Å². The number of benzene rings is 1. The fourth-order valence-corrected chi connectivity index (χ4v) is 2.26. The summed E-state index contributed by atoms with van der Waals surface area (Å²) in [6, 6.07) is 10.0. The van der Waals surface area contributed by atoms with Crippen molar-refractivity contribution in [3.63, 3.8) is 0 Å². The summed E-state index contributed by atoms with van der Waals surface area (Å²) < 4.78 is 1.71. The molecule has 0 aliphatic carbocycles. The molecule has 0 spiro atoms. The Morgan fingerprint density at radius 3 is 2.43 bits per heavy atom. The van der Waals surface area contributed by atoms with Crippen molar-refractivity contribution in [1.29, 1.82) is 0 Å². The minimum absolute atomic E-state index is 0.0296. The first-order chi connectivity index (χ1) is 10.2. The summed E-state index contributed by atoms with van der Waals surface area (Å²) in [5.41, 5.74) is 1.56. The predicted molar refractivity (Wildman–Crippen MR) is 82.1 cm³/mol. The molecular weight excluding hydrogens is 264 g/mol. The third-order valence-corrected chi connectivity index (χ3v) is 3.22. The molecule has 21 heavy (non-hydrogen) atoms. The number of carbonyl (C=O) groups excluding carboxylic acids is 1. The van der Waals surface area contributed by atoms with E-state index < -0.39 is 0 Å². The smallest absolute Gasteiger partial charge is 0.276 e. The van der Waals surface area contributed by atoms with Gasteiger partial charge < -0.3 is 4.90 Å². The van der Waals surface area contributed by atoms with Crippen molar-refractivity contribution in [2.75, 3.05) is 13.1 Å². The Morgan fingerprint density at radius 2 is 1.81 bits per heavy atom. The van der Waals surface area contributed by atoms with E-state index in [1.54, 1.807) is 10.9 Å². The van der Waals surface area contributed by atoms with Gasteiger partial charge in [-0.05, 0) is 18.4 Å². The molecule has 0 saturated heterocycles. The Labute approximate surface area is 125 Å². The third-order valence-electron chi connectivity index (χ3n) is 3.22. The third kappa shape index (κ3) is 4.15. The van der Waals surface area contributed by atoms with E-state index in [9.17, 15) is 4.79 Å². The largest absolute Gasteiger partial charge is 0.337 e. The molecule has 0 atom stereocenters. The average Bonchev–Trinajstić information content (AvgIpc) is 2.96. The van der Waals surface area contributed by atoms with Crippen molar-refractivity contribution in [2.24, 2.45) is 0 Å². The molecule has 0 saturated carbocycles. The minimum atomic E-state index is -0.0296. The van der Waals surface area contributed by atoms with Crippen LogP contribution in [0, 0.1) is 0 Å². The first-order valence-corrected chi connectivity index (χ1v) is 7.48. The van der Waals surface area contributed by atoms with Gasteiger partial charge in [0.05, 0.1) is 12.7 Å². The summed E-state index contributed by atoms with van der Waals surface area (Å²) in [5.74, 6) is -0.0296. The summed E-state index contributed by atoms with van der Waals surface area (Å²) in [6.07, 6.45) is 3.63.